The van der Waals surface area contributed by atoms with E-state index in [1.807, 2.05) is 62.4 Å². The van der Waals surface area contributed by atoms with E-state index < -0.39 is 5.54 Å². The molecular weight excluding hydrogens is 422 g/mol. The molecule has 0 aliphatic carbocycles. The Hall–Kier alpha value is -2.80. The van der Waals surface area contributed by atoms with E-state index in [1.54, 1.807) is 36.0 Å². The molecule has 1 heterocycles. The highest BCUT2D eigenvalue weighted by Gasteiger charge is 2.35. The zero-order valence-electron chi connectivity index (χ0n) is 18.3. The van der Waals surface area contributed by atoms with Crippen molar-refractivity contribution in [1.29, 1.82) is 0 Å². The topological polar surface area (TPSA) is 59.0 Å². The first-order valence-corrected chi connectivity index (χ1v) is 11.5. The van der Waals surface area contributed by atoms with Gasteiger partial charge in [0, 0.05) is 28.4 Å². The number of hydrogen-bond donors (Lipinski definition) is 1. The van der Waals surface area contributed by atoms with Crippen molar-refractivity contribution in [3.63, 3.8) is 0 Å². The molecule has 32 heavy (non-hydrogen) atoms. The molecule has 0 unspecified atom stereocenters. The average Bonchev–Trinajstić information content (AvgIpc) is 2.82. The van der Waals surface area contributed by atoms with Gasteiger partial charge in [0.15, 0.2) is 5.78 Å². The van der Waals surface area contributed by atoms with Crippen LogP contribution in [0.2, 0.25) is 0 Å². The molecule has 0 aromatic heterocycles. The predicted octanol–water partition coefficient (Wildman–Crippen LogP) is 5.63. The highest BCUT2D eigenvalue weighted by Crippen LogP contribution is 2.31. The van der Waals surface area contributed by atoms with Crippen molar-refractivity contribution in [3.05, 3.63) is 78.4 Å². The third kappa shape index (κ3) is 5.33. The van der Waals surface area contributed by atoms with Gasteiger partial charge in [0.2, 0.25) is 0 Å². The molecule has 0 spiro atoms. The maximum Gasteiger partial charge on any atom is 0.182 e. The predicted molar refractivity (Wildman–Crippen MR) is 126 cm³/mol. The van der Waals surface area contributed by atoms with E-state index in [0.29, 0.717) is 19.0 Å². The molecule has 4 rings (SSSR count). The van der Waals surface area contributed by atoms with Gasteiger partial charge in [0.1, 0.15) is 17.2 Å². The second kappa shape index (κ2) is 9.77. The quantitative estimate of drug-likeness (QED) is 0.472. The lowest BCUT2D eigenvalue weighted by Crippen LogP contribution is -2.54. The number of carbonyl (C=O) groups excluding carboxylic acids is 1. The van der Waals surface area contributed by atoms with Crippen molar-refractivity contribution in [1.82, 2.24) is 4.90 Å². The average molecular weight is 450 g/mol. The molecule has 3 aromatic carbocycles. The number of ketones is 1. The summed E-state index contributed by atoms with van der Waals surface area (Å²) in [4.78, 5) is 17.5. The first-order chi connectivity index (χ1) is 15.4. The van der Waals surface area contributed by atoms with Gasteiger partial charge in [0.25, 0.3) is 0 Å². The van der Waals surface area contributed by atoms with Gasteiger partial charge in [-0.2, -0.15) is 0 Å². The van der Waals surface area contributed by atoms with Crippen LogP contribution in [0.3, 0.4) is 0 Å². The number of carbonyl (C=O) groups is 1. The first-order valence-electron chi connectivity index (χ1n) is 10.6. The molecule has 1 aliphatic heterocycles. The molecular formula is C26H27NO4S. The fourth-order valence-corrected chi connectivity index (χ4v) is 4.47. The molecule has 0 atom stereocenters. The van der Waals surface area contributed by atoms with Crippen molar-refractivity contribution < 1.29 is 19.4 Å². The van der Waals surface area contributed by atoms with E-state index in [2.05, 4.69) is 4.90 Å². The number of rotatable bonds is 7. The number of aromatic hydroxyl groups is 1. The lowest BCUT2D eigenvalue weighted by Gasteiger charge is -2.39. The molecule has 5 nitrogen and oxygen atoms in total. The lowest BCUT2D eigenvalue weighted by atomic mass is 9.91. The van der Waals surface area contributed by atoms with Crippen molar-refractivity contribution in [3.8, 4) is 17.2 Å². The Labute approximate surface area is 193 Å². The molecule has 1 fully saturated rings. The van der Waals surface area contributed by atoms with Gasteiger partial charge in [-0.05, 0) is 74.5 Å². The van der Waals surface area contributed by atoms with E-state index in [-0.39, 0.29) is 11.5 Å². The summed E-state index contributed by atoms with van der Waals surface area (Å²) in [7, 11) is 0. The van der Waals surface area contributed by atoms with E-state index in [1.165, 1.54) is 0 Å². The largest absolute Gasteiger partial charge is 0.508 e. The number of benzene rings is 3. The summed E-state index contributed by atoms with van der Waals surface area (Å²) >= 11 is 1.63. The summed E-state index contributed by atoms with van der Waals surface area (Å²) in [6.07, 6.45) is 0. The van der Waals surface area contributed by atoms with Gasteiger partial charge in [0.05, 0.1) is 18.8 Å². The van der Waals surface area contributed by atoms with Gasteiger partial charge < -0.3 is 14.6 Å². The van der Waals surface area contributed by atoms with Crippen LogP contribution in [-0.4, -0.2) is 47.6 Å². The summed E-state index contributed by atoms with van der Waals surface area (Å²) < 4.78 is 11.2. The van der Waals surface area contributed by atoms with Crippen LogP contribution in [-0.2, 0) is 4.74 Å². The SMILES string of the molecule is CC(C)(C(=O)c1ccc(Sc2ccc(Oc3ccc(O)cc3)cc2)cc1)N1CCOCC1. The van der Waals surface area contributed by atoms with Crippen LogP contribution >= 0.6 is 11.8 Å². The monoisotopic (exact) mass is 449 g/mol. The van der Waals surface area contributed by atoms with Crippen molar-refractivity contribution in [2.75, 3.05) is 26.3 Å². The van der Waals surface area contributed by atoms with Crippen molar-refractivity contribution in [2.24, 2.45) is 0 Å². The smallest absolute Gasteiger partial charge is 0.182 e. The number of hydrogen-bond acceptors (Lipinski definition) is 6. The molecule has 1 saturated heterocycles. The van der Waals surface area contributed by atoms with Crippen LogP contribution in [0.25, 0.3) is 0 Å². The molecule has 0 radical (unpaired) electrons. The van der Waals surface area contributed by atoms with Gasteiger partial charge in [-0.15, -0.1) is 0 Å². The molecule has 0 saturated carbocycles. The number of phenols is 1. The number of ether oxygens (including phenoxy) is 2. The molecule has 3 aromatic rings. The van der Waals surface area contributed by atoms with E-state index in [0.717, 1.165) is 34.2 Å². The number of phenolic OH excluding ortho intramolecular Hbond substituents is 1. The molecule has 1 aliphatic rings. The van der Waals surface area contributed by atoms with Crippen LogP contribution in [0.4, 0.5) is 0 Å². The summed E-state index contributed by atoms with van der Waals surface area (Å²) in [6.45, 7) is 6.88. The lowest BCUT2D eigenvalue weighted by molar-refractivity contribution is -0.00430. The Morgan fingerprint density at radius 3 is 1.94 bits per heavy atom. The zero-order chi connectivity index (χ0) is 22.6. The van der Waals surface area contributed by atoms with Crippen LogP contribution in [0.1, 0.15) is 24.2 Å². The van der Waals surface area contributed by atoms with Crippen molar-refractivity contribution in [2.45, 2.75) is 29.2 Å². The first kappa shape index (κ1) is 22.4. The van der Waals surface area contributed by atoms with E-state index >= 15 is 0 Å². The highest BCUT2D eigenvalue weighted by atomic mass is 32.2. The fourth-order valence-electron chi connectivity index (χ4n) is 3.66. The normalized spacial score (nSPS) is 14.8. The van der Waals surface area contributed by atoms with E-state index in [9.17, 15) is 9.90 Å². The maximum atomic E-state index is 13.1. The Bertz CT molecular complexity index is 1040. The summed E-state index contributed by atoms with van der Waals surface area (Å²) in [5.74, 6) is 1.74. The van der Waals surface area contributed by atoms with Gasteiger partial charge in [-0.25, -0.2) is 0 Å². The Kier molecular flexibility index (Phi) is 6.84. The van der Waals surface area contributed by atoms with Crippen LogP contribution < -0.4 is 4.74 Å². The Balaban J connectivity index is 1.38. The highest BCUT2D eigenvalue weighted by molar-refractivity contribution is 7.99. The molecule has 6 heteroatoms. The summed E-state index contributed by atoms with van der Waals surface area (Å²) in [5.41, 5.74) is 0.176. The second-order valence-electron chi connectivity index (χ2n) is 8.18. The van der Waals surface area contributed by atoms with Crippen LogP contribution in [0.5, 0.6) is 17.2 Å². The third-order valence-electron chi connectivity index (χ3n) is 5.61. The van der Waals surface area contributed by atoms with Gasteiger partial charge in [-0.3, -0.25) is 9.69 Å². The number of Topliss-reactive ketones (excluding diaryl/α,β-unsaturated/α-hetero) is 1. The Morgan fingerprint density at radius 2 is 1.38 bits per heavy atom. The Morgan fingerprint density at radius 1 is 0.875 bits per heavy atom. The third-order valence-corrected chi connectivity index (χ3v) is 6.62. The van der Waals surface area contributed by atoms with E-state index in [4.69, 9.17) is 9.47 Å². The van der Waals surface area contributed by atoms with Crippen molar-refractivity contribution >= 4 is 17.5 Å². The summed E-state index contributed by atoms with van der Waals surface area (Å²) in [6, 6.07) is 22.3. The zero-order valence-corrected chi connectivity index (χ0v) is 19.1. The van der Waals surface area contributed by atoms with Gasteiger partial charge in [-0.1, -0.05) is 23.9 Å². The van der Waals surface area contributed by atoms with Crippen LogP contribution in [0.15, 0.2) is 82.6 Å². The molecule has 0 bridgehead atoms. The fraction of sp³-hybridized carbons (Fsp3) is 0.269. The van der Waals surface area contributed by atoms with Crippen LogP contribution in [0, 0.1) is 0 Å². The van der Waals surface area contributed by atoms with Gasteiger partial charge >= 0.3 is 0 Å². The standard InChI is InChI=1S/C26H27NO4S/c1-26(2,27-15-17-30-18-16-27)25(29)19-3-11-23(12-4-19)32-24-13-9-22(10-14-24)31-21-7-5-20(28)6-8-21/h3-14,28H,15-18H2,1-2H3. The number of nitrogens with zero attached hydrogens (tertiary/aromatic N) is 1. The molecule has 0 amide bonds. The second-order valence-corrected chi connectivity index (χ2v) is 9.33. The summed E-state index contributed by atoms with van der Waals surface area (Å²) in [5, 5.41) is 9.36. The number of morpholine rings is 1. The maximum absolute atomic E-state index is 13.1. The molecule has 1 N–H and O–H groups in total. The minimum Gasteiger partial charge on any atom is -0.508 e. The molecule has 166 valence electrons. The minimum atomic E-state index is -0.550. The minimum absolute atomic E-state index is 0.131.